The third kappa shape index (κ3) is 3.81. The first-order valence-electron chi connectivity index (χ1n) is 7.68. The van der Waals surface area contributed by atoms with E-state index in [9.17, 15) is 4.39 Å². The van der Waals surface area contributed by atoms with Crippen molar-refractivity contribution in [1.82, 2.24) is 9.97 Å². The van der Waals surface area contributed by atoms with Gasteiger partial charge in [-0.3, -0.25) is 0 Å². The predicted octanol–water partition coefficient (Wildman–Crippen LogP) is 4.50. The minimum atomic E-state index is -0.521. The molecular formula is C18H17ClFN3O2. The van der Waals surface area contributed by atoms with E-state index in [2.05, 4.69) is 15.3 Å². The fourth-order valence-electron chi connectivity index (χ4n) is 2.41. The lowest BCUT2D eigenvalue weighted by atomic mass is 10.1. The Morgan fingerprint density at radius 1 is 1.20 bits per heavy atom. The van der Waals surface area contributed by atoms with E-state index in [1.807, 2.05) is 19.1 Å². The molecule has 7 heteroatoms. The Morgan fingerprint density at radius 3 is 2.84 bits per heavy atom. The van der Waals surface area contributed by atoms with Crippen LogP contribution in [0.2, 0.25) is 5.02 Å². The number of halogens is 2. The van der Waals surface area contributed by atoms with Gasteiger partial charge in [-0.2, -0.15) is 0 Å². The van der Waals surface area contributed by atoms with Crippen molar-refractivity contribution in [3.05, 3.63) is 53.1 Å². The molecule has 25 heavy (non-hydrogen) atoms. The SMILES string of the molecule is COCCOc1cc2ncnc(Nc3cccc(Cl)c3F)c2cc1C. The molecule has 0 bridgehead atoms. The second-order valence-corrected chi connectivity index (χ2v) is 5.83. The van der Waals surface area contributed by atoms with Gasteiger partial charge in [-0.15, -0.1) is 0 Å². The van der Waals surface area contributed by atoms with E-state index >= 15 is 0 Å². The van der Waals surface area contributed by atoms with Crippen LogP contribution in [0.4, 0.5) is 15.9 Å². The van der Waals surface area contributed by atoms with Crippen molar-refractivity contribution in [3.63, 3.8) is 0 Å². The Bertz CT molecular complexity index is 905. The topological polar surface area (TPSA) is 56.3 Å². The number of ether oxygens (including phenoxy) is 2. The molecule has 0 saturated carbocycles. The van der Waals surface area contributed by atoms with E-state index in [4.69, 9.17) is 21.1 Å². The zero-order valence-electron chi connectivity index (χ0n) is 13.8. The molecule has 0 aliphatic heterocycles. The molecule has 0 fully saturated rings. The second kappa shape index (κ2) is 7.63. The molecule has 0 unspecified atom stereocenters. The van der Waals surface area contributed by atoms with Gasteiger partial charge in [-0.25, -0.2) is 14.4 Å². The van der Waals surface area contributed by atoms with Crippen LogP contribution in [0.25, 0.3) is 10.9 Å². The Kier molecular flexibility index (Phi) is 5.31. The predicted molar refractivity (Wildman–Crippen MR) is 96.3 cm³/mol. The van der Waals surface area contributed by atoms with Crippen molar-refractivity contribution in [3.8, 4) is 5.75 Å². The number of hydrogen-bond acceptors (Lipinski definition) is 5. The summed E-state index contributed by atoms with van der Waals surface area (Å²) in [6.07, 6.45) is 1.42. The molecule has 1 heterocycles. The van der Waals surface area contributed by atoms with E-state index < -0.39 is 5.82 Å². The van der Waals surface area contributed by atoms with Crippen molar-refractivity contribution in [2.45, 2.75) is 6.92 Å². The normalized spacial score (nSPS) is 10.9. The van der Waals surface area contributed by atoms with E-state index in [-0.39, 0.29) is 10.7 Å². The summed E-state index contributed by atoms with van der Waals surface area (Å²) in [5.41, 5.74) is 1.87. The highest BCUT2D eigenvalue weighted by Gasteiger charge is 2.12. The van der Waals surface area contributed by atoms with Crippen LogP contribution >= 0.6 is 11.6 Å². The number of benzene rings is 2. The Balaban J connectivity index is 1.96. The summed E-state index contributed by atoms with van der Waals surface area (Å²) in [7, 11) is 1.62. The number of fused-ring (bicyclic) bond motifs is 1. The van der Waals surface area contributed by atoms with Gasteiger partial charge >= 0.3 is 0 Å². The van der Waals surface area contributed by atoms with Crippen LogP contribution < -0.4 is 10.1 Å². The van der Waals surface area contributed by atoms with Gasteiger partial charge in [0.05, 0.1) is 22.8 Å². The van der Waals surface area contributed by atoms with Crippen molar-refractivity contribution < 1.29 is 13.9 Å². The molecule has 0 aliphatic rings. The van der Waals surface area contributed by atoms with Crippen LogP contribution in [0.15, 0.2) is 36.7 Å². The average molecular weight is 362 g/mol. The smallest absolute Gasteiger partial charge is 0.165 e. The quantitative estimate of drug-likeness (QED) is 0.655. The molecule has 3 aromatic rings. The summed E-state index contributed by atoms with van der Waals surface area (Å²) in [5.74, 6) is 0.702. The van der Waals surface area contributed by atoms with Gasteiger partial charge < -0.3 is 14.8 Å². The maximum absolute atomic E-state index is 14.1. The molecule has 0 aliphatic carbocycles. The molecule has 1 N–H and O–H groups in total. The third-order valence-corrected chi connectivity index (χ3v) is 3.97. The lowest BCUT2D eigenvalue weighted by molar-refractivity contribution is 0.146. The Hall–Kier alpha value is -2.44. The van der Waals surface area contributed by atoms with Crippen LogP contribution in [0, 0.1) is 12.7 Å². The van der Waals surface area contributed by atoms with Crippen molar-refractivity contribution >= 4 is 34.0 Å². The molecular weight excluding hydrogens is 345 g/mol. The van der Waals surface area contributed by atoms with Gasteiger partial charge in [0.25, 0.3) is 0 Å². The number of aromatic nitrogens is 2. The highest BCUT2D eigenvalue weighted by atomic mass is 35.5. The molecule has 0 spiro atoms. The molecule has 1 aromatic heterocycles. The number of anilines is 2. The van der Waals surface area contributed by atoms with Crippen LogP contribution in [-0.4, -0.2) is 30.3 Å². The third-order valence-electron chi connectivity index (χ3n) is 3.68. The highest BCUT2D eigenvalue weighted by Crippen LogP contribution is 2.31. The van der Waals surface area contributed by atoms with E-state index in [0.717, 1.165) is 16.7 Å². The molecule has 0 saturated heterocycles. The maximum Gasteiger partial charge on any atom is 0.165 e. The van der Waals surface area contributed by atoms with Gasteiger partial charge in [0.15, 0.2) is 5.82 Å². The minimum absolute atomic E-state index is 0.0494. The lowest BCUT2D eigenvalue weighted by Gasteiger charge is -2.13. The molecule has 5 nitrogen and oxygen atoms in total. The van der Waals surface area contributed by atoms with Crippen molar-refractivity contribution in [2.24, 2.45) is 0 Å². The summed E-state index contributed by atoms with van der Waals surface area (Å²) in [6, 6.07) is 8.51. The summed E-state index contributed by atoms with van der Waals surface area (Å²) in [4.78, 5) is 8.50. The number of aryl methyl sites for hydroxylation is 1. The maximum atomic E-state index is 14.1. The first-order valence-corrected chi connectivity index (χ1v) is 8.06. The number of hydrogen-bond donors (Lipinski definition) is 1. The Morgan fingerprint density at radius 2 is 2.04 bits per heavy atom. The van der Waals surface area contributed by atoms with Gasteiger partial charge in [-0.1, -0.05) is 17.7 Å². The number of methoxy groups -OCH3 is 1. The highest BCUT2D eigenvalue weighted by molar-refractivity contribution is 6.31. The molecule has 0 atom stereocenters. The fourth-order valence-corrected chi connectivity index (χ4v) is 2.58. The fraction of sp³-hybridized carbons (Fsp3) is 0.222. The largest absolute Gasteiger partial charge is 0.491 e. The first kappa shape index (κ1) is 17.4. The molecule has 3 rings (SSSR count). The first-order chi connectivity index (χ1) is 12.1. The molecule has 2 aromatic carbocycles. The molecule has 0 amide bonds. The standard InChI is InChI=1S/C18H17ClFN3O2/c1-11-8-12-15(9-16(11)25-7-6-24-2)21-10-22-18(12)23-14-5-3-4-13(19)17(14)20/h3-5,8-10H,6-7H2,1-2H3,(H,21,22,23). The van der Waals surface area contributed by atoms with Gasteiger partial charge in [0.2, 0.25) is 0 Å². The summed E-state index contributed by atoms with van der Waals surface area (Å²) in [5, 5.41) is 3.80. The average Bonchev–Trinajstić information content (AvgIpc) is 2.60. The Labute approximate surface area is 149 Å². The van der Waals surface area contributed by atoms with Crippen LogP contribution in [-0.2, 0) is 4.74 Å². The van der Waals surface area contributed by atoms with E-state index in [1.165, 1.54) is 12.4 Å². The van der Waals surface area contributed by atoms with Crippen LogP contribution in [0.1, 0.15) is 5.56 Å². The minimum Gasteiger partial charge on any atom is -0.491 e. The van der Waals surface area contributed by atoms with Gasteiger partial charge in [0.1, 0.15) is 24.5 Å². The number of nitrogens with one attached hydrogen (secondary N) is 1. The zero-order chi connectivity index (χ0) is 17.8. The van der Waals surface area contributed by atoms with Gasteiger partial charge in [-0.05, 0) is 30.7 Å². The number of nitrogens with zero attached hydrogens (tertiary/aromatic N) is 2. The lowest BCUT2D eigenvalue weighted by Crippen LogP contribution is -2.05. The molecule has 130 valence electrons. The van der Waals surface area contributed by atoms with E-state index in [1.54, 1.807) is 19.2 Å². The summed E-state index contributed by atoms with van der Waals surface area (Å²) < 4.78 is 24.8. The van der Waals surface area contributed by atoms with Crippen LogP contribution in [0.5, 0.6) is 5.75 Å². The monoisotopic (exact) mass is 361 g/mol. The zero-order valence-corrected chi connectivity index (χ0v) is 14.6. The summed E-state index contributed by atoms with van der Waals surface area (Å²) >= 11 is 5.83. The van der Waals surface area contributed by atoms with Crippen molar-refractivity contribution in [2.75, 3.05) is 25.6 Å². The van der Waals surface area contributed by atoms with Gasteiger partial charge in [0, 0.05) is 18.6 Å². The summed E-state index contributed by atoms with van der Waals surface area (Å²) in [6.45, 7) is 2.88. The molecule has 0 radical (unpaired) electrons. The van der Waals surface area contributed by atoms with Crippen molar-refractivity contribution in [1.29, 1.82) is 0 Å². The van der Waals surface area contributed by atoms with E-state index in [0.29, 0.717) is 24.5 Å². The second-order valence-electron chi connectivity index (χ2n) is 5.42. The van der Waals surface area contributed by atoms with Crippen LogP contribution in [0.3, 0.4) is 0 Å². The number of rotatable bonds is 6.